The van der Waals surface area contributed by atoms with Crippen molar-refractivity contribution < 1.29 is 0 Å². The van der Waals surface area contributed by atoms with E-state index in [-0.39, 0.29) is 0 Å². The van der Waals surface area contributed by atoms with Crippen LogP contribution < -0.4 is 5.32 Å². The predicted octanol–water partition coefficient (Wildman–Crippen LogP) is 2.73. The van der Waals surface area contributed by atoms with Crippen molar-refractivity contribution in [2.75, 3.05) is 6.54 Å². The molecule has 1 unspecified atom stereocenters. The Morgan fingerprint density at radius 3 is 2.75 bits per heavy atom. The number of allylic oxidation sites excluding steroid dienone is 1. The average molecular weight is 167 g/mol. The monoisotopic (exact) mass is 167 g/mol. The Morgan fingerprint density at radius 2 is 2.25 bits per heavy atom. The van der Waals surface area contributed by atoms with Gasteiger partial charge in [-0.25, -0.2) is 0 Å². The van der Waals surface area contributed by atoms with E-state index in [9.17, 15) is 0 Å². The molecule has 0 aromatic rings. The normalized spacial score (nSPS) is 23.4. The lowest BCUT2D eigenvalue weighted by Gasteiger charge is -2.25. The topological polar surface area (TPSA) is 12.0 Å². The SMILES string of the molecule is CCC(C)(C)CNC1C=CCC1. The summed E-state index contributed by atoms with van der Waals surface area (Å²) in [6.07, 6.45) is 8.36. The Hall–Kier alpha value is -0.300. The molecule has 0 aromatic heterocycles. The van der Waals surface area contributed by atoms with Crippen molar-refractivity contribution in [2.45, 2.75) is 46.1 Å². The predicted molar refractivity (Wildman–Crippen MR) is 54.2 cm³/mol. The second-order valence-corrected chi connectivity index (χ2v) is 4.51. The molecular weight excluding hydrogens is 146 g/mol. The third kappa shape index (κ3) is 2.98. The summed E-state index contributed by atoms with van der Waals surface area (Å²) in [6, 6.07) is 0.649. The zero-order valence-corrected chi connectivity index (χ0v) is 8.56. The van der Waals surface area contributed by atoms with Crippen molar-refractivity contribution in [2.24, 2.45) is 5.41 Å². The molecule has 1 heteroatoms. The Kier molecular flexibility index (Phi) is 3.33. The van der Waals surface area contributed by atoms with E-state index in [2.05, 4.69) is 38.2 Å². The Labute approximate surface area is 76.2 Å². The number of rotatable bonds is 4. The minimum Gasteiger partial charge on any atom is -0.310 e. The van der Waals surface area contributed by atoms with Crippen LogP contribution in [0.3, 0.4) is 0 Å². The van der Waals surface area contributed by atoms with Crippen LogP contribution in [-0.4, -0.2) is 12.6 Å². The fourth-order valence-electron chi connectivity index (χ4n) is 1.33. The lowest BCUT2D eigenvalue weighted by molar-refractivity contribution is 0.318. The van der Waals surface area contributed by atoms with Gasteiger partial charge in [-0.15, -0.1) is 0 Å². The summed E-state index contributed by atoms with van der Waals surface area (Å²) in [5.74, 6) is 0. The van der Waals surface area contributed by atoms with Crippen molar-refractivity contribution in [3.05, 3.63) is 12.2 Å². The molecule has 0 heterocycles. The van der Waals surface area contributed by atoms with Gasteiger partial charge < -0.3 is 5.32 Å². The van der Waals surface area contributed by atoms with Gasteiger partial charge in [0.1, 0.15) is 0 Å². The van der Waals surface area contributed by atoms with E-state index in [1.54, 1.807) is 0 Å². The van der Waals surface area contributed by atoms with Gasteiger partial charge in [-0.2, -0.15) is 0 Å². The van der Waals surface area contributed by atoms with Gasteiger partial charge in [-0.1, -0.05) is 32.9 Å². The number of hydrogen-bond donors (Lipinski definition) is 1. The van der Waals surface area contributed by atoms with Gasteiger partial charge in [0.05, 0.1) is 0 Å². The van der Waals surface area contributed by atoms with Gasteiger partial charge in [-0.3, -0.25) is 0 Å². The molecule has 1 aliphatic rings. The van der Waals surface area contributed by atoms with Gasteiger partial charge >= 0.3 is 0 Å². The molecule has 0 aromatic carbocycles. The molecule has 1 rings (SSSR count). The summed E-state index contributed by atoms with van der Waals surface area (Å²) in [5, 5.41) is 3.59. The zero-order chi connectivity index (χ0) is 9.03. The van der Waals surface area contributed by atoms with E-state index in [0.717, 1.165) is 6.54 Å². The number of nitrogens with one attached hydrogen (secondary N) is 1. The van der Waals surface area contributed by atoms with Gasteiger partial charge in [0.25, 0.3) is 0 Å². The molecule has 0 saturated heterocycles. The average Bonchev–Trinajstić information content (AvgIpc) is 2.53. The van der Waals surface area contributed by atoms with Crippen LogP contribution in [-0.2, 0) is 0 Å². The molecule has 0 aliphatic heterocycles. The van der Waals surface area contributed by atoms with Crippen molar-refractivity contribution in [3.8, 4) is 0 Å². The van der Waals surface area contributed by atoms with E-state index < -0.39 is 0 Å². The fourth-order valence-corrected chi connectivity index (χ4v) is 1.33. The molecule has 70 valence electrons. The highest BCUT2D eigenvalue weighted by molar-refractivity contribution is 5.01. The van der Waals surface area contributed by atoms with E-state index >= 15 is 0 Å². The molecule has 0 saturated carbocycles. The first kappa shape index (κ1) is 9.79. The molecule has 12 heavy (non-hydrogen) atoms. The third-order valence-electron chi connectivity index (χ3n) is 2.81. The molecule has 0 fully saturated rings. The van der Waals surface area contributed by atoms with Gasteiger partial charge in [-0.05, 0) is 24.7 Å². The van der Waals surface area contributed by atoms with Crippen molar-refractivity contribution in [3.63, 3.8) is 0 Å². The highest BCUT2D eigenvalue weighted by Crippen LogP contribution is 2.19. The summed E-state index contributed by atoms with van der Waals surface area (Å²) in [4.78, 5) is 0. The molecule has 1 nitrogen and oxygen atoms in total. The van der Waals surface area contributed by atoms with Crippen LogP contribution in [0.1, 0.15) is 40.0 Å². The maximum Gasteiger partial charge on any atom is 0.0253 e. The van der Waals surface area contributed by atoms with E-state index in [4.69, 9.17) is 0 Å². The second kappa shape index (κ2) is 4.08. The molecule has 0 bridgehead atoms. The highest BCUT2D eigenvalue weighted by atomic mass is 14.9. The van der Waals surface area contributed by atoms with Gasteiger partial charge in [0, 0.05) is 12.6 Å². The molecule has 1 N–H and O–H groups in total. The number of hydrogen-bond acceptors (Lipinski definition) is 1. The molecule has 0 spiro atoms. The van der Waals surface area contributed by atoms with Crippen molar-refractivity contribution in [1.82, 2.24) is 5.32 Å². The van der Waals surface area contributed by atoms with Crippen LogP contribution in [0, 0.1) is 5.41 Å². The van der Waals surface area contributed by atoms with Gasteiger partial charge in [0.2, 0.25) is 0 Å². The summed E-state index contributed by atoms with van der Waals surface area (Å²) in [5.41, 5.74) is 0.455. The molecule has 1 atom stereocenters. The van der Waals surface area contributed by atoms with E-state index in [0.29, 0.717) is 11.5 Å². The lowest BCUT2D eigenvalue weighted by atomic mass is 9.90. The smallest absolute Gasteiger partial charge is 0.0253 e. The van der Waals surface area contributed by atoms with Gasteiger partial charge in [0.15, 0.2) is 0 Å². The molecular formula is C11H21N. The Bertz CT molecular complexity index is 158. The van der Waals surface area contributed by atoms with Crippen molar-refractivity contribution >= 4 is 0 Å². The van der Waals surface area contributed by atoms with Crippen molar-refractivity contribution in [1.29, 1.82) is 0 Å². The van der Waals surface area contributed by atoms with Crippen LogP contribution >= 0.6 is 0 Å². The molecule has 0 amide bonds. The lowest BCUT2D eigenvalue weighted by Crippen LogP contribution is -2.34. The molecule has 1 aliphatic carbocycles. The fraction of sp³-hybridized carbons (Fsp3) is 0.818. The first-order valence-electron chi connectivity index (χ1n) is 5.04. The van der Waals surface area contributed by atoms with Crippen LogP contribution in [0.4, 0.5) is 0 Å². The van der Waals surface area contributed by atoms with Crippen LogP contribution in [0.5, 0.6) is 0 Å². The Balaban J connectivity index is 2.20. The molecule has 0 radical (unpaired) electrons. The summed E-state index contributed by atoms with van der Waals surface area (Å²) >= 11 is 0. The van der Waals surface area contributed by atoms with Crippen LogP contribution in [0.25, 0.3) is 0 Å². The van der Waals surface area contributed by atoms with Crippen LogP contribution in [0.2, 0.25) is 0 Å². The second-order valence-electron chi connectivity index (χ2n) is 4.51. The minimum atomic E-state index is 0.455. The summed E-state index contributed by atoms with van der Waals surface area (Å²) in [7, 11) is 0. The first-order valence-corrected chi connectivity index (χ1v) is 5.04. The maximum atomic E-state index is 3.59. The van der Waals surface area contributed by atoms with E-state index in [1.807, 2.05) is 0 Å². The summed E-state index contributed by atoms with van der Waals surface area (Å²) < 4.78 is 0. The third-order valence-corrected chi connectivity index (χ3v) is 2.81. The standard InChI is InChI=1S/C11H21N/c1-4-11(2,3)9-12-10-7-5-6-8-10/h5,7,10,12H,4,6,8-9H2,1-3H3. The Morgan fingerprint density at radius 1 is 1.50 bits per heavy atom. The largest absolute Gasteiger partial charge is 0.310 e. The quantitative estimate of drug-likeness (QED) is 0.635. The highest BCUT2D eigenvalue weighted by Gasteiger charge is 2.17. The summed E-state index contributed by atoms with van der Waals surface area (Å²) in [6.45, 7) is 8.03. The maximum absolute atomic E-state index is 3.59. The first-order chi connectivity index (χ1) is 5.64. The van der Waals surface area contributed by atoms with E-state index in [1.165, 1.54) is 19.3 Å². The minimum absolute atomic E-state index is 0.455. The van der Waals surface area contributed by atoms with Crippen LogP contribution in [0.15, 0.2) is 12.2 Å². The zero-order valence-electron chi connectivity index (χ0n) is 8.56.